The van der Waals surface area contributed by atoms with Crippen molar-refractivity contribution < 1.29 is 4.74 Å². The van der Waals surface area contributed by atoms with Gasteiger partial charge in [0.05, 0.1) is 7.11 Å². The van der Waals surface area contributed by atoms with Crippen molar-refractivity contribution in [3.05, 3.63) is 29.8 Å². The van der Waals surface area contributed by atoms with Crippen LogP contribution in [0, 0.1) is 5.41 Å². The van der Waals surface area contributed by atoms with Gasteiger partial charge in [-0.2, -0.15) is 0 Å². The van der Waals surface area contributed by atoms with E-state index in [0.717, 1.165) is 11.8 Å². The molecule has 3 rings (SSSR count). The summed E-state index contributed by atoms with van der Waals surface area (Å²) in [4.78, 5) is 0. The standard InChI is InChI=1S/C18H27NO/c1-18(2)9-8-14(12-18)19-15-10-13(11-15)16-6-4-5-7-17(16)20-3/h4-7,13-15,19H,8-12H2,1-3H3. The molecule has 2 heteroatoms. The van der Waals surface area contributed by atoms with Gasteiger partial charge in [0.1, 0.15) is 5.75 Å². The molecule has 0 radical (unpaired) electrons. The summed E-state index contributed by atoms with van der Waals surface area (Å²) in [6.07, 6.45) is 6.58. The molecule has 20 heavy (non-hydrogen) atoms. The first kappa shape index (κ1) is 13.9. The predicted octanol–water partition coefficient (Wildman–Crippen LogP) is 4.11. The van der Waals surface area contributed by atoms with Gasteiger partial charge in [-0.1, -0.05) is 32.0 Å². The van der Waals surface area contributed by atoms with Crippen LogP contribution in [-0.2, 0) is 0 Å². The second kappa shape index (κ2) is 5.40. The molecule has 1 atom stereocenters. The zero-order chi connectivity index (χ0) is 14.2. The van der Waals surface area contributed by atoms with Crippen LogP contribution >= 0.6 is 0 Å². The van der Waals surface area contributed by atoms with Crippen LogP contribution in [0.25, 0.3) is 0 Å². The molecule has 2 fully saturated rings. The molecule has 0 spiro atoms. The Labute approximate surface area is 122 Å². The van der Waals surface area contributed by atoms with Crippen LogP contribution in [0.4, 0.5) is 0 Å². The Morgan fingerprint density at radius 1 is 1.15 bits per heavy atom. The fourth-order valence-electron chi connectivity index (χ4n) is 3.92. The summed E-state index contributed by atoms with van der Waals surface area (Å²) in [6, 6.07) is 9.93. The Hall–Kier alpha value is -1.02. The van der Waals surface area contributed by atoms with Gasteiger partial charge in [-0.25, -0.2) is 0 Å². The second-order valence-electron chi connectivity index (χ2n) is 7.38. The summed E-state index contributed by atoms with van der Waals surface area (Å²) in [5.74, 6) is 1.73. The number of benzene rings is 1. The number of rotatable bonds is 4. The molecule has 2 nitrogen and oxygen atoms in total. The fourth-order valence-corrected chi connectivity index (χ4v) is 3.92. The average Bonchev–Trinajstić information content (AvgIpc) is 2.73. The van der Waals surface area contributed by atoms with Gasteiger partial charge in [0.15, 0.2) is 0 Å². The van der Waals surface area contributed by atoms with Crippen molar-refractivity contribution >= 4 is 0 Å². The first-order valence-corrected chi connectivity index (χ1v) is 7.96. The van der Waals surface area contributed by atoms with E-state index in [1.54, 1.807) is 7.11 Å². The molecule has 0 aromatic heterocycles. The van der Waals surface area contributed by atoms with Gasteiger partial charge in [-0.15, -0.1) is 0 Å². The number of nitrogens with one attached hydrogen (secondary N) is 1. The summed E-state index contributed by atoms with van der Waals surface area (Å²) in [7, 11) is 1.77. The molecule has 0 bridgehead atoms. The number of hydrogen-bond acceptors (Lipinski definition) is 2. The molecule has 2 saturated carbocycles. The lowest BCUT2D eigenvalue weighted by molar-refractivity contribution is 0.252. The highest BCUT2D eigenvalue weighted by Crippen LogP contribution is 2.43. The highest BCUT2D eigenvalue weighted by atomic mass is 16.5. The minimum Gasteiger partial charge on any atom is -0.496 e. The van der Waals surface area contributed by atoms with Crippen molar-refractivity contribution in [2.24, 2.45) is 5.41 Å². The van der Waals surface area contributed by atoms with E-state index in [1.165, 1.54) is 37.7 Å². The van der Waals surface area contributed by atoms with E-state index in [9.17, 15) is 0 Å². The quantitative estimate of drug-likeness (QED) is 0.891. The van der Waals surface area contributed by atoms with Crippen molar-refractivity contribution in [1.29, 1.82) is 0 Å². The van der Waals surface area contributed by atoms with E-state index in [-0.39, 0.29) is 0 Å². The Kier molecular flexibility index (Phi) is 3.76. The van der Waals surface area contributed by atoms with Crippen LogP contribution in [0.5, 0.6) is 5.75 Å². The zero-order valence-corrected chi connectivity index (χ0v) is 13.0. The Bertz CT molecular complexity index is 462. The van der Waals surface area contributed by atoms with Crippen molar-refractivity contribution in [1.82, 2.24) is 5.32 Å². The van der Waals surface area contributed by atoms with E-state index < -0.39 is 0 Å². The first-order valence-electron chi connectivity index (χ1n) is 7.96. The minimum atomic E-state index is 0.545. The van der Waals surface area contributed by atoms with Gasteiger partial charge in [0.25, 0.3) is 0 Å². The van der Waals surface area contributed by atoms with Crippen LogP contribution in [0.15, 0.2) is 24.3 Å². The molecule has 0 amide bonds. The van der Waals surface area contributed by atoms with E-state index >= 15 is 0 Å². The monoisotopic (exact) mass is 273 g/mol. The van der Waals surface area contributed by atoms with Crippen LogP contribution in [0.2, 0.25) is 0 Å². The molecule has 0 saturated heterocycles. The number of ether oxygens (including phenoxy) is 1. The van der Waals surface area contributed by atoms with Crippen molar-refractivity contribution in [3.8, 4) is 5.75 Å². The number of para-hydroxylation sites is 1. The van der Waals surface area contributed by atoms with Crippen molar-refractivity contribution in [3.63, 3.8) is 0 Å². The van der Waals surface area contributed by atoms with Crippen LogP contribution in [-0.4, -0.2) is 19.2 Å². The van der Waals surface area contributed by atoms with E-state index in [1.807, 2.05) is 0 Å². The largest absolute Gasteiger partial charge is 0.496 e. The molecular formula is C18H27NO. The summed E-state index contributed by atoms with van der Waals surface area (Å²) in [5, 5.41) is 3.87. The third-order valence-electron chi connectivity index (χ3n) is 5.16. The van der Waals surface area contributed by atoms with Crippen LogP contribution < -0.4 is 10.1 Å². The maximum absolute atomic E-state index is 5.48. The zero-order valence-electron chi connectivity index (χ0n) is 13.0. The predicted molar refractivity (Wildman–Crippen MR) is 83.3 cm³/mol. The van der Waals surface area contributed by atoms with E-state index in [0.29, 0.717) is 17.4 Å². The van der Waals surface area contributed by atoms with Crippen molar-refractivity contribution in [2.75, 3.05) is 7.11 Å². The Balaban J connectivity index is 1.52. The van der Waals surface area contributed by atoms with Gasteiger partial charge in [0.2, 0.25) is 0 Å². The molecule has 2 aliphatic carbocycles. The topological polar surface area (TPSA) is 21.3 Å². The van der Waals surface area contributed by atoms with Gasteiger partial charge in [-0.3, -0.25) is 0 Å². The highest BCUT2D eigenvalue weighted by Gasteiger charge is 2.36. The number of methoxy groups -OCH3 is 1. The SMILES string of the molecule is COc1ccccc1C1CC(NC2CCC(C)(C)C2)C1. The van der Waals surface area contributed by atoms with Gasteiger partial charge < -0.3 is 10.1 Å². The second-order valence-corrected chi connectivity index (χ2v) is 7.38. The van der Waals surface area contributed by atoms with Gasteiger partial charge in [-0.05, 0) is 55.1 Å². The lowest BCUT2D eigenvalue weighted by atomic mass is 9.75. The molecule has 1 aromatic rings. The fraction of sp³-hybridized carbons (Fsp3) is 0.667. The maximum Gasteiger partial charge on any atom is 0.122 e. The first-order chi connectivity index (χ1) is 9.57. The lowest BCUT2D eigenvalue weighted by Crippen LogP contribution is -2.44. The van der Waals surface area contributed by atoms with Crippen LogP contribution in [0.1, 0.15) is 57.4 Å². The summed E-state index contributed by atoms with van der Waals surface area (Å²) in [5.41, 5.74) is 1.93. The molecule has 0 heterocycles. The normalized spacial score (nSPS) is 31.9. The summed E-state index contributed by atoms with van der Waals surface area (Å²) >= 11 is 0. The molecular weight excluding hydrogens is 246 g/mol. The third-order valence-corrected chi connectivity index (χ3v) is 5.16. The van der Waals surface area contributed by atoms with Gasteiger partial charge >= 0.3 is 0 Å². The molecule has 110 valence electrons. The highest BCUT2D eigenvalue weighted by molar-refractivity contribution is 5.37. The van der Waals surface area contributed by atoms with E-state index in [4.69, 9.17) is 4.74 Å². The minimum absolute atomic E-state index is 0.545. The van der Waals surface area contributed by atoms with Gasteiger partial charge in [0, 0.05) is 12.1 Å². The average molecular weight is 273 g/mol. The van der Waals surface area contributed by atoms with Crippen molar-refractivity contribution in [2.45, 2.75) is 64.0 Å². The smallest absolute Gasteiger partial charge is 0.122 e. The Morgan fingerprint density at radius 3 is 2.55 bits per heavy atom. The molecule has 1 unspecified atom stereocenters. The maximum atomic E-state index is 5.48. The summed E-state index contributed by atoms with van der Waals surface area (Å²) < 4.78 is 5.48. The van der Waals surface area contributed by atoms with Crippen LogP contribution in [0.3, 0.4) is 0 Å². The molecule has 1 N–H and O–H groups in total. The Morgan fingerprint density at radius 2 is 1.90 bits per heavy atom. The van der Waals surface area contributed by atoms with E-state index in [2.05, 4.69) is 43.4 Å². The molecule has 2 aliphatic rings. The number of hydrogen-bond donors (Lipinski definition) is 1. The lowest BCUT2D eigenvalue weighted by Gasteiger charge is -2.38. The molecule has 1 aromatic carbocycles. The molecule has 0 aliphatic heterocycles. The third kappa shape index (κ3) is 2.85. The summed E-state index contributed by atoms with van der Waals surface area (Å²) in [6.45, 7) is 4.79.